The molecule has 0 aliphatic heterocycles. The van der Waals surface area contributed by atoms with Crippen LogP contribution in [0, 0.1) is 11.3 Å². The molecule has 31 heavy (non-hydrogen) atoms. The molecule has 1 fully saturated rings. The Kier molecular flexibility index (Phi) is 10.5. The Labute approximate surface area is 183 Å². The van der Waals surface area contributed by atoms with E-state index in [1.807, 2.05) is 30.3 Å². The van der Waals surface area contributed by atoms with Crippen LogP contribution < -0.4 is 5.32 Å². The maximum absolute atomic E-state index is 12.9. The van der Waals surface area contributed by atoms with Crippen molar-refractivity contribution >= 4 is 17.8 Å². The van der Waals surface area contributed by atoms with Gasteiger partial charge in [-0.3, -0.25) is 14.4 Å². The molecule has 0 aromatic heterocycles. The number of carbonyl (C=O) groups excluding carboxylic acids is 2. The van der Waals surface area contributed by atoms with E-state index in [0.29, 0.717) is 26.1 Å². The number of benzene rings is 1. The topological polar surface area (TPSA) is 111 Å². The first-order chi connectivity index (χ1) is 15.0. The normalized spacial score (nSPS) is 15.9. The SMILES string of the molecule is COCCOCC(CC1(C(=O)NCCC(=O)OCc2ccccc2)CCCC1)C(=O)O. The van der Waals surface area contributed by atoms with Gasteiger partial charge >= 0.3 is 11.9 Å². The first-order valence-corrected chi connectivity index (χ1v) is 10.7. The average Bonchev–Trinajstić information content (AvgIpc) is 3.25. The van der Waals surface area contributed by atoms with Crippen LogP contribution in [-0.2, 0) is 35.2 Å². The van der Waals surface area contributed by atoms with Crippen LogP contribution in [0.5, 0.6) is 0 Å². The monoisotopic (exact) mass is 435 g/mol. The summed E-state index contributed by atoms with van der Waals surface area (Å²) in [6.45, 7) is 1.10. The zero-order valence-corrected chi connectivity index (χ0v) is 18.1. The van der Waals surface area contributed by atoms with Crippen LogP contribution in [0.2, 0.25) is 0 Å². The summed E-state index contributed by atoms with van der Waals surface area (Å²) in [7, 11) is 1.55. The number of hydrogen-bond acceptors (Lipinski definition) is 6. The lowest BCUT2D eigenvalue weighted by atomic mass is 9.77. The molecule has 0 heterocycles. The van der Waals surface area contributed by atoms with Gasteiger partial charge in [0, 0.05) is 13.7 Å². The van der Waals surface area contributed by atoms with Crippen LogP contribution in [0.15, 0.2) is 30.3 Å². The van der Waals surface area contributed by atoms with Crippen LogP contribution in [0.1, 0.15) is 44.1 Å². The van der Waals surface area contributed by atoms with E-state index in [9.17, 15) is 19.5 Å². The summed E-state index contributed by atoms with van der Waals surface area (Å²) in [5.41, 5.74) is 0.166. The van der Waals surface area contributed by atoms with Gasteiger partial charge in [0.25, 0.3) is 0 Å². The summed E-state index contributed by atoms with van der Waals surface area (Å²) in [6.07, 6.45) is 3.32. The molecule has 2 N–H and O–H groups in total. The molecular formula is C23H33NO7. The number of methoxy groups -OCH3 is 1. The van der Waals surface area contributed by atoms with E-state index >= 15 is 0 Å². The minimum absolute atomic E-state index is 0.0412. The van der Waals surface area contributed by atoms with Gasteiger partial charge in [0.2, 0.25) is 5.91 Å². The second-order valence-electron chi connectivity index (χ2n) is 7.95. The van der Waals surface area contributed by atoms with Gasteiger partial charge in [-0.05, 0) is 24.8 Å². The molecule has 8 nitrogen and oxygen atoms in total. The van der Waals surface area contributed by atoms with Crippen LogP contribution in [0.3, 0.4) is 0 Å². The average molecular weight is 436 g/mol. The molecule has 0 spiro atoms. The standard InChI is InChI=1S/C23H33NO7/c1-29-13-14-30-17-19(21(26)27)15-23(10-5-6-11-23)22(28)24-12-9-20(25)31-16-18-7-3-2-4-8-18/h2-4,7-8,19H,5-6,9-17H2,1H3,(H,24,28)(H,26,27). The molecule has 1 aromatic rings. The highest BCUT2D eigenvalue weighted by molar-refractivity contribution is 5.84. The Morgan fingerprint density at radius 1 is 1.13 bits per heavy atom. The Bertz CT molecular complexity index is 701. The minimum atomic E-state index is -0.971. The second kappa shape index (κ2) is 13.1. The number of rotatable bonds is 14. The van der Waals surface area contributed by atoms with Crippen molar-refractivity contribution in [1.29, 1.82) is 0 Å². The van der Waals surface area contributed by atoms with Crippen molar-refractivity contribution in [3.8, 4) is 0 Å². The Morgan fingerprint density at radius 2 is 1.84 bits per heavy atom. The van der Waals surface area contributed by atoms with E-state index in [1.54, 1.807) is 7.11 Å². The molecule has 1 aliphatic carbocycles. The molecule has 2 rings (SSSR count). The number of ether oxygens (including phenoxy) is 3. The lowest BCUT2D eigenvalue weighted by Crippen LogP contribution is -2.43. The molecule has 1 amide bonds. The number of aliphatic carboxylic acids is 1. The number of carboxylic acid groups (broad SMARTS) is 1. The maximum Gasteiger partial charge on any atom is 0.308 e. The predicted octanol–water partition coefficient (Wildman–Crippen LogP) is 2.55. The van der Waals surface area contributed by atoms with Crippen molar-refractivity contribution < 1.29 is 33.7 Å². The highest BCUT2D eigenvalue weighted by atomic mass is 16.5. The molecule has 0 radical (unpaired) electrons. The highest BCUT2D eigenvalue weighted by Gasteiger charge is 2.44. The van der Waals surface area contributed by atoms with Gasteiger partial charge < -0.3 is 24.6 Å². The zero-order chi connectivity index (χ0) is 22.5. The van der Waals surface area contributed by atoms with E-state index < -0.39 is 17.3 Å². The number of amides is 1. The number of nitrogens with one attached hydrogen (secondary N) is 1. The molecule has 1 unspecified atom stereocenters. The molecule has 1 aromatic carbocycles. The van der Waals surface area contributed by atoms with Gasteiger partial charge in [-0.25, -0.2) is 0 Å². The molecule has 1 aliphatic rings. The van der Waals surface area contributed by atoms with Crippen molar-refractivity contribution in [2.24, 2.45) is 11.3 Å². The van der Waals surface area contributed by atoms with E-state index in [-0.39, 0.29) is 44.5 Å². The highest BCUT2D eigenvalue weighted by Crippen LogP contribution is 2.43. The molecule has 1 atom stereocenters. The lowest BCUT2D eigenvalue weighted by molar-refractivity contribution is -0.147. The molecule has 172 valence electrons. The van der Waals surface area contributed by atoms with Gasteiger partial charge in [-0.2, -0.15) is 0 Å². The third-order valence-corrected chi connectivity index (χ3v) is 5.64. The largest absolute Gasteiger partial charge is 0.481 e. The number of esters is 1. The smallest absolute Gasteiger partial charge is 0.308 e. The fourth-order valence-electron chi connectivity index (χ4n) is 3.91. The summed E-state index contributed by atoms with van der Waals surface area (Å²) in [5.74, 6) is -2.32. The van der Waals surface area contributed by atoms with E-state index in [2.05, 4.69) is 5.32 Å². The van der Waals surface area contributed by atoms with Crippen molar-refractivity contribution in [2.45, 2.75) is 45.1 Å². The van der Waals surface area contributed by atoms with Crippen molar-refractivity contribution in [1.82, 2.24) is 5.32 Å². The Hall–Kier alpha value is -2.45. The van der Waals surface area contributed by atoms with Gasteiger partial charge in [0.05, 0.1) is 37.6 Å². The molecule has 0 bridgehead atoms. The third-order valence-electron chi connectivity index (χ3n) is 5.64. The minimum Gasteiger partial charge on any atom is -0.481 e. The third kappa shape index (κ3) is 8.30. The van der Waals surface area contributed by atoms with Crippen LogP contribution in [-0.4, -0.2) is 56.4 Å². The van der Waals surface area contributed by atoms with Gasteiger partial charge in [-0.15, -0.1) is 0 Å². The molecule has 1 saturated carbocycles. The maximum atomic E-state index is 12.9. The molecular weight excluding hydrogens is 402 g/mol. The van der Waals surface area contributed by atoms with Gasteiger partial charge in [0.1, 0.15) is 6.61 Å². The summed E-state index contributed by atoms with van der Waals surface area (Å²) >= 11 is 0. The fraction of sp³-hybridized carbons (Fsp3) is 0.609. The van der Waals surface area contributed by atoms with Crippen molar-refractivity contribution in [2.75, 3.05) is 33.5 Å². The number of carbonyl (C=O) groups is 3. The van der Waals surface area contributed by atoms with Crippen molar-refractivity contribution in [3.63, 3.8) is 0 Å². The van der Waals surface area contributed by atoms with E-state index in [4.69, 9.17) is 14.2 Å². The number of carboxylic acids is 1. The summed E-state index contributed by atoms with van der Waals surface area (Å²) in [4.78, 5) is 36.6. The van der Waals surface area contributed by atoms with Gasteiger partial charge in [-0.1, -0.05) is 43.2 Å². The summed E-state index contributed by atoms with van der Waals surface area (Å²) in [5, 5.41) is 12.4. The fourth-order valence-corrected chi connectivity index (χ4v) is 3.91. The zero-order valence-electron chi connectivity index (χ0n) is 18.1. The summed E-state index contributed by atoms with van der Waals surface area (Å²) < 4.78 is 15.5. The van der Waals surface area contributed by atoms with Gasteiger partial charge in [0.15, 0.2) is 0 Å². The lowest BCUT2D eigenvalue weighted by Gasteiger charge is -2.30. The van der Waals surface area contributed by atoms with Crippen LogP contribution in [0.25, 0.3) is 0 Å². The summed E-state index contributed by atoms with van der Waals surface area (Å²) in [6, 6.07) is 9.38. The Morgan fingerprint density at radius 3 is 2.48 bits per heavy atom. The molecule has 8 heteroatoms. The van der Waals surface area contributed by atoms with Crippen molar-refractivity contribution in [3.05, 3.63) is 35.9 Å². The number of hydrogen-bond donors (Lipinski definition) is 2. The quantitative estimate of drug-likeness (QED) is 0.341. The first-order valence-electron chi connectivity index (χ1n) is 10.7. The van der Waals surface area contributed by atoms with Crippen LogP contribution >= 0.6 is 0 Å². The Balaban J connectivity index is 1.81. The first kappa shape index (κ1) is 24.8. The van der Waals surface area contributed by atoms with Crippen LogP contribution in [0.4, 0.5) is 0 Å². The van der Waals surface area contributed by atoms with E-state index in [0.717, 1.165) is 18.4 Å². The second-order valence-corrected chi connectivity index (χ2v) is 7.95. The predicted molar refractivity (Wildman–Crippen MR) is 113 cm³/mol. The van der Waals surface area contributed by atoms with E-state index in [1.165, 1.54) is 0 Å². The molecule has 0 saturated heterocycles.